The van der Waals surface area contributed by atoms with Crippen LogP contribution in [0.4, 0.5) is 27.9 Å². The van der Waals surface area contributed by atoms with E-state index in [0.29, 0.717) is 22.1 Å². The van der Waals surface area contributed by atoms with Crippen LogP contribution < -0.4 is 5.32 Å². The van der Waals surface area contributed by atoms with Gasteiger partial charge in [0.05, 0.1) is 27.3 Å². The molecule has 37 heavy (non-hydrogen) atoms. The maximum absolute atomic E-state index is 14.7. The van der Waals surface area contributed by atoms with Crippen LogP contribution in [0.25, 0.3) is 11.0 Å². The zero-order valence-electron chi connectivity index (χ0n) is 19.0. The monoisotopic (exact) mass is 528 g/mol. The fraction of sp³-hybridized carbons (Fsp3) is 0.111. The Morgan fingerprint density at radius 3 is 2.30 bits per heavy atom. The molecule has 0 saturated carbocycles. The minimum atomic E-state index is -4.79. The zero-order chi connectivity index (χ0) is 26.2. The van der Waals surface area contributed by atoms with Gasteiger partial charge < -0.3 is 10.3 Å². The number of hydrogen-bond donors (Lipinski definition) is 2. The van der Waals surface area contributed by atoms with Crippen molar-refractivity contribution in [3.05, 3.63) is 124 Å². The number of anilines is 1. The number of H-pyrrole nitrogens is 1. The summed E-state index contributed by atoms with van der Waals surface area (Å²) in [6.07, 6.45) is -3.37. The standard InChI is InChI=1S/C27H18ClF5N4/c28-19-6-9-24(34-15-19)26(14-16-4-2-1-3-5-16,17-10-18(27(31,32)33)12-21(30)11-17)37-25-35-22-8-7-20(29)13-23(22)36-25/h1-13,15H,14H2,(H2,35,36,37)/t26-/m1/s1. The molecule has 1 atom stereocenters. The highest BCUT2D eigenvalue weighted by molar-refractivity contribution is 6.30. The quantitative estimate of drug-likeness (QED) is 0.224. The van der Waals surface area contributed by atoms with Gasteiger partial charge in [0.2, 0.25) is 5.95 Å². The Labute approximate surface area is 213 Å². The van der Waals surface area contributed by atoms with Gasteiger partial charge >= 0.3 is 6.18 Å². The molecular formula is C27H18ClF5N4. The zero-order valence-corrected chi connectivity index (χ0v) is 19.7. The van der Waals surface area contributed by atoms with Crippen molar-refractivity contribution in [3.8, 4) is 0 Å². The SMILES string of the molecule is Fc1cc(C(F)(F)F)cc([C@@](Cc2ccccc2)(Nc2nc3cc(F)ccc3[nH]2)c2ccc(Cl)cn2)c1. The molecule has 0 aliphatic heterocycles. The molecule has 4 nitrogen and oxygen atoms in total. The second-order valence-electron chi connectivity index (χ2n) is 8.53. The van der Waals surface area contributed by atoms with Crippen molar-refractivity contribution in [3.63, 3.8) is 0 Å². The van der Waals surface area contributed by atoms with Crippen LogP contribution >= 0.6 is 11.6 Å². The van der Waals surface area contributed by atoms with Crippen LogP contribution in [0.2, 0.25) is 5.02 Å². The molecule has 10 heteroatoms. The van der Waals surface area contributed by atoms with E-state index < -0.39 is 28.9 Å². The molecule has 0 amide bonds. The molecule has 5 aromatic rings. The second kappa shape index (κ2) is 9.48. The number of aromatic nitrogens is 3. The Hall–Kier alpha value is -3.98. The van der Waals surface area contributed by atoms with E-state index in [2.05, 4.69) is 20.3 Å². The lowest BCUT2D eigenvalue weighted by Gasteiger charge is -2.35. The van der Waals surface area contributed by atoms with E-state index in [1.54, 1.807) is 42.5 Å². The van der Waals surface area contributed by atoms with Gasteiger partial charge in [-0.3, -0.25) is 4.98 Å². The van der Waals surface area contributed by atoms with Crippen molar-refractivity contribution in [1.29, 1.82) is 0 Å². The predicted octanol–water partition coefficient (Wildman–Crippen LogP) is 7.51. The summed E-state index contributed by atoms with van der Waals surface area (Å²) in [6, 6.07) is 18.4. The summed E-state index contributed by atoms with van der Waals surface area (Å²) in [7, 11) is 0. The van der Waals surface area contributed by atoms with Gasteiger partial charge in [0, 0.05) is 18.7 Å². The molecule has 0 bridgehead atoms. The lowest BCUT2D eigenvalue weighted by Crippen LogP contribution is -2.40. The Bertz CT molecular complexity index is 1550. The van der Waals surface area contributed by atoms with E-state index in [9.17, 15) is 22.0 Å². The highest BCUT2D eigenvalue weighted by Gasteiger charge is 2.40. The van der Waals surface area contributed by atoms with Gasteiger partial charge in [-0.25, -0.2) is 13.8 Å². The smallest absolute Gasteiger partial charge is 0.340 e. The van der Waals surface area contributed by atoms with Crippen molar-refractivity contribution >= 4 is 28.6 Å². The summed E-state index contributed by atoms with van der Waals surface area (Å²) in [6.45, 7) is 0. The van der Waals surface area contributed by atoms with Crippen LogP contribution in [0.1, 0.15) is 22.4 Å². The summed E-state index contributed by atoms with van der Waals surface area (Å²) in [5, 5.41) is 3.49. The number of aromatic amines is 1. The van der Waals surface area contributed by atoms with E-state index in [1.165, 1.54) is 24.4 Å². The maximum atomic E-state index is 14.7. The summed E-state index contributed by atoms with van der Waals surface area (Å²) < 4.78 is 69.8. The second-order valence-corrected chi connectivity index (χ2v) is 8.96. The highest BCUT2D eigenvalue weighted by Crippen LogP contribution is 2.40. The Morgan fingerprint density at radius 1 is 0.838 bits per heavy atom. The van der Waals surface area contributed by atoms with E-state index in [-0.39, 0.29) is 23.6 Å². The number of rotatable bonds is 6. The van der Waals surface area contributed by atoms with Crippen molar-refractivity contribution in [2.75, 3.05) is 5.32 Å². The van der Waals surface area contributed by atoms with Gasteiger partial charge in [0.15, 0.2) is 0 Å². The van der Waals surface area contributed by atoms with Crippen LogP contribution in [0.3, 0.4) is 0 Å². The van der Waals surface area contributed by atoms with E-state index in [1.807, 2.05) is 0 Å². The van der Waals surface area contributed by atoms with Gasteiger partial charge in [-0.05, 0) is 53.6 Å². The first-order chi connectivity index (χ1) is 17.6. The number of pyridine rings is 1. The number of benzene rings is 3. The van der Waals surface area contributed by atoms with Crippen molar-refractivity contribution in [1.82, 2.24) is 15.0 Å². The van der Waals surface area contributed by atoms with Gasteiger partial charge in [-0.15, -0.1) is 0 Å². The topological polar surface area (TPSA) is 53.6 Å². The minimum absolute atomic E-state index is 0.0369. The fourth-order valence-electron chi connectivity index (χ4n) is 4.29. The van der Waals surface area contributed by atoms with Gasteiger partial charge in [0.1, 0.15) is 17.2 Å². The van der Waals surface area contributed by atoms with Crippen LogP contribution in [0.5, 0.6) is 0 Å². The Kier molecular flexibility index (Phi) is 6.33. The third kappa shape index (κ3) is 5.13. The molecule has 0 aliphatic carbocycles. The number of halogens is 6. The molecule has 3 aromatic carbocycles. The normalized spacial score (nSPS) is 13.5. The van der Waals surface area contributed by atoms with Crippen LogP contribution in [-0.2, 0) is 18.1 Å². The molecule has 2 N–H and O–H groups in total. The molecule has 0 radical (unpaired) electrons. The average Bonchev–Trinajstić information content (AvgIpc) is 3.25. The predicted molar refractivity (Wildman–Crippen MR) is 131 cm³/mol. The molecule has 0 saturated heterocycles. The Balaban J connectivity index is 1.77. The summed E-state index contributed by atoms with van der Waals surface area (Å²) in [4.78, 5) is 11.8. The van der Waals surface area contributed by atoms with Crippen LogP contribution in [0.15, 0.2) is 85.1 Å². The molecule has 2 aromatic heterocycles. The van der Waals surface area contributed by atoms with Gasteiger partial charge in [-0.2, -0.15) is 13.2 Å². The molecular weight excluding hydrogens is 511 g/mol. The van der Waals surface area contributed by atoms with Crippen molar-refractivity contribution < 1.29 is 22.0 Å². The molecule has 188 valence electrons. The molecule has 0 aliphatic rings. The van der Waals surface area contributed by atoms with Crippen molar-refractivity contribution in [2.45, 2.75) is 18.1 Å². The maximum Gasteiger partial charge on any atom is 0.416 e. The molecule has 0 fully saturated rings. The third-order valence-electron chi connectivity index (χ3n) is 5.97. The van der Waals surface area contributed by atoms with Crippen LogP contribution in [0, 0.1) is 11.6 Å². The first-order valence-corrected chi connectivity index (χ1v) is 11.5. The highest BCUT2D eigenvalue weighted by atomic mass is 35.5. The molecule has 0 unspecified atom stereocenters. The minimum Gasteiger partial charge on any atom is -0.340 e. The summed E-state index contributed by atoms with van der Waals surface area (Å²) >= 11 is 6.06. The number of alkyl halides is 3. The number of nitrogens with zero attached hydrogens (tertiary/aromatic N) is 2. The number of hydrogen-bond acceptors (Lipinski definition) is 3. The lowest BCUT2D eigenvalue weighted by molar-refractivity contribution is -0.137. The first kappa shape index (κ1) is 24.7. The van der Waals surface area contributed by atoms with E-state index in [4.69, 9.17) is 11.6 Å². The summed E-state index contributed by atoms with van der Waals surface area (Å²) in [5.74, 6) is -1.43. The number of fused-ring (bicyclic) bond motifs is 1. The first-order valence-electron chi connectivity index (χ1n) is 11.1. The van der Waals surface area contributed by atoms with E-state index in [0.717, 1.165) is 17.7 Å². The van der Waals surface area contributed by atoms with Gasteiger partial charge in [-0.1, -0.05) is 41.9 Å². The molecule has 5 rings (SSSR count). The van der Waals surface area contributed by atoms with E-state index >= 15 is 0 Å². The molecule has 0 spiro atoms. The number of imidazole rings is 1. The lowest BCUT2D eigenvalue weighted by atomic mass is 9.80. The fourth-order valence-corrected chi connectivity index (χ4v) is 4.40. The average molecular weight is 529 g/mol. The summed E-state index contributed by atoms with van der Waals surface area (Å²) in [5.41, 5.74) is -0.932. The largest absolute Gasteiger partial charge is 0.416 e. The van der Waals surface area contributed by atoms with Crippen molar-refractivity contribution in [2.24, 2.45) is 0 Å². The third-order valence-corrected chi connectivity index (χ3v) is 6.20. The van der Waals surface area contributed by atoms with Crippen LogP contribution in [-0.4, -0.2) is 15.0 Å². The van der Waals surface area contributed by atoms with Gasteiger partial charge in [0.25, 0.3) is 0 Å². The Morgan fingerprint density at radius 2 is 1.59 bits per heavy atom. The number of nitrogens with one attached hydrogen (secondary N) is 2. The molecule has 2 heterocycles.